The molecule has 2 aromatic carbocycles. The van der Waals surface area contributed by atoms with Gasteiger partial charge >= 0.3 is 5.97 Å². The zero-order valence-corrected chi connectivity index (χ0v) is 16.5. The van der Waals surface area contributed by atoms with Crippen LogP contribution in [-0.4, -0.2) is 37.3 Å². The zero-order valence-electron chi connectivity index (χ0n) is 16.5. The van der Waals surface area contributed by atoms with E-state index < -0.39 is 5.97 Å². The number of nitrogens with one attached hydrogen (secondary N) is 2. The maximum atomic E-state index is 12.3. The van der Waals surface area contributed by atoms with Gasteiger partial charge in [-0.25, -0.2) is 4.79 Å². The maximum absolute atomic E-state index is 12.3. The number of methoxy groups -OCH3 is 1. The molecule has 0 heterocycles. The Balaban J connectivity index is 2.04. The first-order chi connectivity index (χ1) is 13.8. The Kier molecular flexibility index (Phi) is 7.47. The average Bonchev–Trinajstić information content (AvgIpc) is 2.67. The molecule has 0 atom stereocenters. The molecule has 0 saturated heterocycles. The molecular formula is C21H23N3O5. The van der Waals surface area contributed by atoms with Crippen LogP contribution in [0.15, 0.2) is 48.5 Å². The highest BCUT2D eigenvalue weighted by molar-refractivity contribution is 5.97. The van der Waals surface area contributed by atoms with Gasteiger partial charge in [0.1, 0.15) is 0 Å². The predicted molar refractivity (Wildman–Crippen MR) is 110 cm³/mol. The van der Waals surface area contributed by atoms with Gasteiger partial charge < -0.3 is 20.3 Å². The summed E-state index contributed by atoms with van der Waals surface area (Å²) in [4.78, 5) is 48.6. The summed E-state index contributed by atoms with van der Waals surface area (Å²) in [6.07, 6.45) is 0.0480. The molecule has 0 radical (unpaired) electrons. The van der Waals surface area contributed by atoms with Crippen LogP contribution in [0.5, 0.6) is 0 Å². The van der Waals surface area contributed by atoms with Crippen molar-refractivity contribution in [1.29, 1.82) is 0 Å². The quantitative estimate of drug-likeness (QED) is 0.699. The van der Waals surface area contributed by atoms with Gasteiger partial charge in [0.05, 0.1) is 12.7 Å². The van der Waals surface area contributed by atoms with Gasteiger partial charge in [-0.2, -0.15) is 0 Å². The molecule has 8 heteroatoms. The minimum Gasteiger partial charge on any atom is -0.465 e. The van der Waals surface area contributed by atoms with Crippen molar-refractivity contribution in [3.63, 3.8) is 0 Å². The molecule has 29 heavy (non-hydrogen) atoms. The van der Waals surface area contributed by atoms with Crippen LogP contribution in [0.3, 0.4) is 0 Å². The van der Waals surface area contributed by atoms with Gasteiger partial charge in [0.25, 0.3) is 0 Å². The van der Waals surface area contributed by atoms with Crippen molar-refractivity contribution in [2.45, 2.75) is 20.3 Å². The van der Waals surface area contributed by atoms with E-state index in [2.05, 4.69) is 10.6 Å². The molecule has 152 valence electrons. The van der Waals surface area contributed by atoms with E-state index in [0.29, 0.717) is 22.6 Å². The lowest BCUT2D eigenvalue weighted by Gasteiger charge is -2.21. The number of hydrogen-bond acceptors (Lipinski definition) is 5. The number of benzene rings is 2. The Morgan fingerprint density at radius 2 is 1.59 bits per heavy atom. The third-order valence-corrected chi connectivity index (χ3v) is 3.99. The molecule has 0 saturated carbocycles. The monoisotopic (exact) mass is 397 g/mol. The minimum absolute atomic E-state index is 0.0480. The molecule has 3 amide bonds. The first-order valence-electron chi connectivity index (χ1n) is 8.94. The van der Waals surface area contributed by atoms with Crippen molar-refractivity contribution in [2.24, 2.45) is 0 Å². The van der Waals surface area contributed by atoms with E-state index in [0.717, 1.165) is 0 Å². The van der Waals surface area contributed by atoms with Crippen LogP contribution in [0.2, 0.25) is 0 Å². The van der Waals surface area contributed by atoms with E-state index in [4.69, 9.17) is 4.74 Å². The first-order valence-corrected chi connectivity index (χ1v) is 8.94. The molecule has 0 aliphatic rings. The second kappa shape index (κ2) is 10.0. The molecule has 0 aromatic heterocycles. The average molecular weight is 397 g/mol. The van der Waals surface area contributed by atoms with Crippen molar-refractivity contribution >= 4 is 40.8 Å². The number of amides is 3. The fourth-order valence-electron chi connectivity index (χ4n) is 2.70. The van der Waals surface area contributed by atoms with Crippen molar-refractivity contribution in [1.82, 2.24) is 0 Å². The first kappa shape index (κ1) is 21.6. The Bertz CT molecular complexity index is 926. The Morgan fingerprint density at radius 1 is 0.931 bits per heavy atom. The topological polar surface area (TPSA) is 105 Å². The Morgan fingerprint density at radius 3 is 2.21 bits per heavy atom. The van der Waals surface area contributed by atoms with Crippen molar-refractivity contribution in [3.8, 4) is 0 Å². The molecule has 8 nitrogen and oxygen atoms in total. The number of carbonyl (C=O) groups is 4. The molecule has 2 aromatic rings. The normalized spacial score (nSPS) is 10.0. The van der Waals surface area contributed by atoms with Gasteiger partial charge in [-0.3, -0.25) is 14.4 Å². The summed E-state index contributed by atoms with van der Waals surface area (Å²) in [5.41, 5.74) is 1.92. The van der Waals surface area contributed by atoms with Crippen LogP contribution in [0, 0.1) is 0 Å². The highest BCUT2D eigenvalue weighted by atomic mass is 16.5. The fraction of sp³-hybridized carbons (Fsp3) is 0.238. The number of nitrogens with zero attached hydrogens (tertiary/aromatic N) is 1. The molecule has 2 rings (SSSR count). The molecular weight excluding hydrogens is 374 g/mol. The summed E-state index contributed by atoms with van der Waals surface area (Å²) in [5, 5.41) is 5.38. The van der Waals surface area contributed by atoms with Gasteiger partial charge in [0.15, 0.2) is 0 Å². The summed E-state index contributed by atoms with van der Waals surface area (Å²) < 4.78 is 4.70. The van der Waals surface area contributed by atoms with E-state index >= 15 is 0 Å². The molecule has 0 unspecified atom stereocenters. The van der Waals surface area contributed by atoms with Crippen LogP contribution in [-0.2, 0) is 19.1 Å². The third-order valence-electron chi connectivity index (χ3n) is 3.99. The van der Waals surface area contributed by atoms with Gasteiger partial charge in [0.2, 0.25) is 17.7 Å². The van der Waals surface area contributed by atoms with Gasteiger partial charge in [-0.15, -0.1) is 0 Å². The molecule has 0 spiro atoms. The number of ether oxygens (including phenoxy) is 1. The molecule has 0 bridgehead atoms. The zero-order chi connectivity index (χ0) is 21.4. The Hall–Kier alpha value is -3.68. The third kappa shape index (κ3) is 6.46. The lowest BCUT2D eigenvalue weighted by Crippen LogP contribution is -2.32. The molecule has 0 aliphatic heterocycles. The highest BCUT2D eigenvalue weighted by Crippen LogP contribution is 2.19. The predicted octanol–water partition coefficient (Wildman–Crippen LogP) is 2.81. The van der Waals surface area contributed by atoms with E-state index in [1.165, 1.54) is 25.9 Å². The second-order valence-corrected chi connectivity index (χ2v) is 6.27. The van der Waals surface area contributed by atoms with E-state index in [1.807, 2.05) is 0 Å². The number of esters is 1. The minimum atomic E-state index is -0.507. The SMILES string of the molecule is COC(=O)c1cccc(N(CCC(=O)Nc2cccc(NC(C)=O)c2)C(C)=O)c1. The fourth-order valence-corrected chi connectivity index (χ4v) is 2.70. The van der Waals surface area contributed by atoms with E-state index in [1.54, 1.807) is 48.5 Å². The maximum Gasteiger partial charge on any atom is 0.337 e. The molecule has 0 fully saturated rings. The molecule has 0 aliphatic carbocycles. The number of anilines is 3. The van der Waals surface area contributed by atoms with Crippen LogP contribution in [0.25, 0.3) is 0 Å². The van der Waals surface area contributed by atoms with Crippen LogP contribution < -0.4 is 15.5 Å². The highest BCUT2D eigenvalue weighted by Gasteiger charge is 2.16. The lowest BCUT2D eigenvalue weighted by molar-refractivity contribution is -0.117. The summed E-state index contributed by atoms with van der Waals surface area (Å²) in [7, 11) is 1.28. The summed E-state index contributed by atoms with van der Waals surface area (Å²) in [6.45, 7) is 2.92. The van der Waals surface area contributed by atoms with E-state index in [-0.39, 0.29) is 30.7 Å². The van der Waals surface area contributed by atoms with Crippen LogP contribution in [0.1, 0.15) is 30.6 Å². The smallest absolute Gasteiger partial charge is 0.337 e. The summed E-state index contributed by atoms with van der Waals surface area (Å²) in [5.74, 6) is -1.26. The Labute approximate surface area is 168 Å². The van der Waals surface area contributed by atoms with Crippen molar-refractivity contribution in [3.05, 3.63) is 54.1 Å². The largest absolute Gasteiger partial charge is 0.465 e. The number of carbonyl (C=O) groups excluding carboxylic acids is 4. The molecule has 2 N–H and O–H groups in total. The summed E-state index contributed by atoms with van der Waals surface area (Å²) >= 11 is 0. The van der Waals surface area contributed by atoms with Crippen LogP contribution >= 0.6 is 0 Å². The number of hydrogen-bond donors (Lipinski definition) is 2. The standard InChI is InChI=1S/C21H23N3O5/c1-14(25)22-17-7-5-8-18(13-17)23-20(27)10-11-24(15(2)26)19-9-4-6-16(12-19)21(28)29-3/h4-9,12-13H,10-11H2,1-3H3,(H,22,25)(H,23,27). The summed E-state index contributed by atoms with van der Waals surface area (Å²) in [6, 6.07) is 13.2. The van der Waals surface area contributed by atoms with E-state index in [9.17, 15) is 19.2 Å². The van der Waals surface area contributed by atoms with Gasteiger partial charge in [0, 0.05) is 43.9 Å². The van der Waals surface area contributed by atoms with Crippen LogP contribution in [0.4, 0.5) is 17.1 Å². The second-order valence-electron chi connectivity index (χ2n) is 6.27. The lowest BCUT2D eigenvalue weighted by atomic mass is 10.1. The van der Waals surface area contributed by atoms with Gasteiger partial charge in [-0.1, -0.05) is 12.1 Å². The van der Waals surface area contributed by atoms with Crippen molar-refractivity contribution in [2.75, 3.05) is 29.2 Å². The van der Waals surface area contributed by atoms with Crippen molar-refractivity contribution < 1.29 is 23.9 Å². The number of rotatable bonds is 7. The van der Waals surface area contributed by atoms with Gasteiger partial charge in [-0.05, 0) is 36.4 Å².